The normalized spacial score (nSPS) is 25.7. The summed E-state index contributed by atoms with van der Waals surface area (Å²) in [5.74, 6) is 1.01. The Hall–Kier alpha value is -1.49. The number of aliphatic hydroxyl groups is 1. The van der Waals surface area contributed by atoms with Gasteiger partial charge in [0.05, 0.1) is 11.8 Å². The van der Waals surface area contributed by atoms with Crippen LogP contribution < -0.4 is 0 Å². The van der Waals surface area contributed by atoms with Gasteiger partial charge in [0.1, 0.15) is 0 Å². The molecule has 0 aromatic carbocycles. The number of nitrogens with zero attached hydrogens (tertiary/aromatic N) is 3. The second kappa shape index (κ2) is 7.86. The Morgan fingerprint density at radius 1 is 1.22 bits per heavy atom. The highest BCUT2D eigenvalue weighted by molar-refractivity contribution is 5.76. The van der Waals surface area contributed by atoms with Crippen LogP contribution in [-0.2, 0) is 11.2 Å². The molecule has 1 aliphatic heterocycles. The summed E-state index contributed by atoms with van der Waals surface area (Å²) in [6.45, 7) is 1.11. The molecule has 1 saturated carbocycles. The van der Waals surface area contributed by atoms with E-state index in [0.717, 1.165) is 18.0 Å². The Morgan fingerprint density at radius 2 is 2.04 bits per heavy atom. The largest absolute Gasteiger partial charge is 0.391 e. The third-order valence-electron chi connectivity index (χ3n) is 5.34. The Labute approximate surface area is 138 Å². The van der Waals surface area contributed by atoms with Crippen molar-refractivity contribution in [2.24, 2.45) is 11.8 Å². The number of carbonyl (C=O) groups excluding carboxylic acids is 1. The Balaban J connectivity index is 1.46. The zero-order valence-corrected chi connectivity index (χ0v) is 13.7. The highest BCUT2D eigenvalue weighted by Gasteiger charge is 2.34. The first-order valence-corrected chi connectivity index (χ1v) is 8.93. The van der Waals surface area contributed by atoms with Gasteiger partial charge in [-0.2, -0.15) is 0 Å². The molecule has 0 radical (unpaired) electrons. The summed E-state index contributed by atoms with van der Waals surface area (Å²) in [5.41, 5.74) is 0.882. The minimum Gasteiger partial charge on any atom is -0.391 e. The second-order valence-electron chi connectivity index (χ2n) is 7.07. The van der Waals surface area contributed by atoms with Gasteiger partial charge >= 0.3 is 0 Å². The molecule has 2 fully saturated rings. The van der Waals surface area contributed by atoms with Gasteiger partial charge in [-0.25, -0.2) is 0 Å². The zero-order valence-electron chi connectivity index (χ0n) is 13.7. The molecule has 5 nitrogen and oxygen atoms in total. The van der Waals surface area contributed by atoms with Gasteiger partial charge < -0.3 is 10.0 Å². The van der Waals surface area contributed by atoms with Crippen molar-refractivity contribution in [2.45, 2.75) is 57.5 Å². The van der Waals surface area contributed by atoms with Gasteiger partial charge in [-0.3, -0.25) is 14.8 Å². The van der Waals surface area contributed by atoms with Gasteiger partial charge in [0.2, 0.25) is 5.91 Å². The summed E-state index contributed by atoms with van der Waals surface area (Å²) in [6, 6.07) is 0. The third kappa shape index (κ3) is 4.50. The Kier molecular flexibility index (Phi) is 5.60. The summed E-state index contributed by atoms with van der Waals surface area (Å²) >= 11 is 0. The molecule has 1 aromatic heterocycles. The maximum atomic E-state index is 12.4. The van der Waals surface area contributed by atoms with Crippen LogP contribution in [0.5, 0.6) is 0 Å². The van der Waals surface area contributed by atoms with Crippen molar-refractivity contribution in [2.75, 3.05) is 13.1 Å². The minimum absolute atomic E-state index is 0.0744. The van der Waals surface area contributed by atoms with E-state index in [2.05, 4.69) is 9.97 Å². The van der Waals surface area contributed by atoms with Crippen LogP contribution in [0.25, 0.3) is 0 Å². The van der Waals surface area contributed by atoms with Crippen molar-refractivity contribution >= 4 is 5.91 Å². The molecule has 0 unspecified atom stereocenters. The van der Waals surface area contributed by atoms with Gasteiger partial charge in [0.15, 0.2) is 0 Å². The van der Waals surface area contributed by atoms with Crippen LogP contribution in [0, 0.1) is 11.8 Å². The first kappa shape index (κ1) is 16.4. The zero-order chi connectivity index (χ0) is 16.1. The number of amides is 1. The van der Waals surface area contributed by atoms with Crippen LogP contribution in [0.15, 0.2) is 18.6 Å². The van der Waals surface area contributed by atoms with Crippen molar-refractivity contribution in [1.82, 2.24) is 14.9 Å². The smallest absolute Gasteiger partial charge is 0.222 e. The van der Waals surface area contributed by atoms with E-state index < -0.39 is 6.10 Å². The van der Waals surface area contributed by atoms with Gasteiger partial charge in [-0.05, 0) is 18.8 Å². The predicted molar refractivity (Wildman–Crippen MR) is 87.6 cm³/mol. The molecule has 1 amide bonds. The van der Waals surface area contributed by atoms with Gasteiger partial charge in [0, 0.05) is 44.0 Å². The fourth-order valence-electron chi connectivity index (χ4n) is 3.92. The summed E-state index contributed by atoms with van der Waals surface area (Å²) in [5, 5.41) is 10.2. The maximum absolute atomic E-state index is 12.4. The number of carbonyl (C=O) groups is 1. The molecular weight excluding hydrogens is 290 g/mol. The summed E-state index contributed by atoms with van der Waals surface area (Å²) < 4.78 is 0. The van der Waals surface area contributed by atoms with Crippen LogP contribution >= 0.6 is 0 Å². The lowest BCUT2D eigenvalue weighted by Crippen LogP contribution is -2.30. The van der Waals surface area contributed by atoms with Crippen molar-refractivity contribution in [3.05, 3.63) is 24.3 Å². The van der Waals surface area contributed by atoms with Crippen LogP contribution in [0.4, 0.5) is 0 Å². The average molecular weight is 317 g/mol. The SMILES string of the molecule is O=C(CCC1CCCCC1)N1C[C@@H](Cc2cnccn2)[C@H](O)C1. The quantitative estimate of drug-likeness (QED) is 0.904. The molecule has 5 heteroatoms. The fourth-order valence-corrected chi connectivity index (χ4v) is 3.92. The maximum Gasteiger partial charge on any atom is 0.222 e. The molecule has 0 spiro atoms. The number of aromatic nitrogens is 2. The Morgan fingerprint density at radius 3 is 2.78 bits per heavy atom. The topological polar surface area (TPSA) is 66.3 Å². The van der Waals surface area contributed by atoms with E-state index >= 15 is 0 Å². The molecule has 1 saturated heterocycles. The van der Waals surface area contributed by atoms with E-state index in [0.29, 0.717) is 25.9 Å². The van der Waals surface area contributed by atoms with E-state index in [1.165, 1.54) is 32.1 Å². The van der Waals surface area contributed by atoms with Crippen molar-refractivity contribution in [1.29, 1.82) is 0 Å². The van der Waals surface area contributed by atoms with Crippen LogP contribution in [0.1, 0.15) is 50.6 Å². The molecule has 126 valence electrons. The van der Waals surface area contributed by atoms with E-state index in [1.807, 2.05) is 4.90 Å². The highest BCUT2D eigenvalue weighted by atomic mass is 16.3. The van der Waals surface area contributed by atoms with E-state index in [4.69, 9.17) is 0 Å². The first-order chi connectivity index (χ1) is 11.2. The second-order valence-corrected chi connectivity index (χ2v) is 7.07. The molecule has 2 heterocycles. The molecule has 23 heavy (non-hydrogen) atoms. The van der Waals surface area contributed by atoms with Crippen molar-refractivity contribution < 1.29 is 9.90 Å². The molecule has 1 aliphatic carbocycles. The Bertz CT molecular complexity index is 502. The number of hydrogen-bond donors (Lipinski definition) is 1. The molecule has 1 N–H and O–H groups in total. The van der Waals surface area contributed by atoms with E-state index in [-0.39, 0.29) is 11.8 Å². The van der Waals surface area contributed by atoms with Gasteiger partial charge in [-0.15, -0.1) is 0 Å². The predicted octanol–water partition coefficient (Wildman–Crippen LogP) is 2.20. The molecule has 3 rings (SSSR count). The number of β-amino-alcohol motifs (C(OH)–C–C–N with tert-alkyl or cyclic N) is 1. The van der Waals surface area contributed by atoms with Crippen LogP contribution in [-0.4, -0.2) is 45.1 Å². The van der Waals surface area contributed by atoms with Crippen molar-refractivity contribution in [3.63, 3.8) is 0 Å². The summed E-state index contributed by atoms with van der Waals surface area (Å²) in [4.78, 5) is 22.6. The molecule has 2 aliphatic rings. The van der Waals surface area contributed by atoms with E-state index in [1.54, 1.807) is 18.6 Å². The van der Waals surface area contributed by atoms with Crippen molar-refractivity contribution in [3.8, 4) is 0 Å². The molecule has 1 aromatic rings. The molecular formula is C18H27N3O2. The van der Waals surface area contributed by atoms with Gasteiger partial charge in [0.25, 0.3) is 0 Å². The lowest BCUT2D eigenvalue weighted by Gasteiger charge is -2.22. The van der Waals surface area contributed by atoms with Crippen LogP contribution in [0.2, 0.25) is 0 Å². The third-order valence-corrected chi connectivity index (χ3v) is 5.34. The molecule has 2 atom stereocenters. The minimum atomic E-state index is -0.448. The summed E-state index contributed by atoms with van der Waals surface area (Å²) in [7, 11) is 0. The number of aliphatic hydroxyl groups excluding tert-OH is 1. The lowest BCUT2D eigenvalue weighted by atomic mass is 9.86. The van der Waals surface area contributed by atoms with Crippen LogP contribution in [0.3, 0.4) is 0 Å². The first-order valence-electron chi connectivity index (χ1n) is 8.93. The fraction of sp³-hybridized carbons (Fsp3) is 0.722. The monoisotopic (exact) mass is 317 g/mol. The summed E-state index contributed by atoms with van der Waals surface area (Å²) in [6.07, 6.45) is 13.5. The van der Waals surface area contributed by atoms with Gasteiger partial charge in [-0.1, -0.05) is 32.1 Å². The lowest BCUT2D eigenvalue weighted by molar-refractivity contribution is -0.130. The standard InChI is InChI=1S/C18H27N3O2/c22-17-13-21(12-15(17)10-16-11-19-8-9-20-16)18(23)7-6-14-4-2-1-3-5-14/h8-9,11,14-15,17,22H,1-7,10,12-13H2/t15-,17-/m1/s1. The molecule has 0 bridgehead atoms. The average Bonchev–Trinajstić information content (AvgIpc) is 2.95. The highest BCUT2D eigenvalue weighted by Crippen LogP contribution is 2.28. The number of likely N-dealkylation sites (tertiary alicyclic amines) is 1. The van der Waals surface area contributed by atoms with E-state index in [9.17, 15) is 9.90 Å². The number of rotatable bonds is 5. The number of hydrogen-bond acceptors (Lipinski definition) is 4.